The SMILES string of the molecule is Cc1cccc(S(=O)(=O)NCCc2ccccc2C(=O)O)c1C#N. The summed E-state index contributed by atoms with van der Waals surface area (Å²) < 4.78 is 27.2. The molecule has 2 aromatic carbocycles. The second-order valence-corrected chi connectivity index (χ2v) is 6.91. The van der Waals surface area contributed by atoms with Gasteiger partial charge in [0.2, 0.25) is 10.0 Å². The Labute approximate surface area is 140 Å². The van der Waals surface area contributed by atoms with Crippen LogP contribution in [0.25, 0.3) is 0 Å². The quantitative estimate of drug-likeness (QED) is 0.834. The van der Waals surface area contributed by atoms with E-state index in [9.17, 15) is 13.2 Å². The van der Waals surface area contributed by atoms with Crippen LogP contribution in [0.5, 0.6) is 0 Å². The number of aromatic carboxylic acids is 1. The van der Waals surface area contributed by atoms with Crippen LogP contribution in [-0.4, -0.2) is 26.0 Å². The Hall–Kier alpha value is -2.69. The topological polar surface area (TPSA) is 107 Å². The van der Waals surface area contributed by atoms with E-state index in [0.717, 1.165) is 0 Å². The van der Waals surface area contributed by atoms with Crippen molar-refractivity contribution in [3.8, 4) is 6.07 Å². The number of aryl methyl sites for hydroxylation is 1. The standard InChI is InChI=1S/C17H16N2O4S/c1-12-5-4-8-16(15(12)11-18)24(22,23)19-10-9-13-6-2-3-7-14(13)17(20)21/h2-8,19H,9-10H2,1H3,(H,20,21). The van der Waals surface area contributed by atoms with Crippen LogP contribution >= 0.6 is 0 Å². The van der Waals surface area contributed by atoms with Gasteiger partial charge in [0, 0.05) is 6.54 Å². The maximum Gasteiger partial charge on any atom is 0.335 e. The molecule has 124 valence electrons. The van der Waals surface area contributed by atoms with Gasteiger partial charge >= 0.3 is 5.97 Å². The van der Waals surface area contributed by atoms with Crippen molar-refractivity contribution < 1.29 is 18.3 Å². The Bertz CT molecular complexity index is 914. The number of hydrogen-bond donors (Lipinski definition) is 2. The van der Waals surface area contributed by atoms with E-state index < -0.39 is 16.0 Å². The van der Waals surface area contributed by atoms with E-state index >= 15 is 0 Å². The first-order chi connectivity index (χ1) is 11.4. The first-order valence-corrected chi connectivity index (χ1v) is 8.65. The number of hydrogen-bond acceptors (Lipinski definition) is 4. The zero-order valence-electron chi connectivity index (χ0n) is 13.0. The first kappa shape index (κ1) is 17.7. The van der Waals surface area contributed by atoms with Gasteiger partial charge < -0.3 is 5.11 Å². The average molecular weight is 344 g/mol. The number of rotatable bonds is 6. The van der Waals surface area contributed by atoms with Crippen LogP contribution in [0.4, 0.5) is 0 Å². The molecule has 7 heteroatoms. The molecule has 0 aliphatic heterocycles. The summed E-state index contributed by atoms with van der Waals surface area (Å²) in [5.74, 6) is -1.06. The van der Waals surface area contributed by atoms with Gasteiger partial charge in [0.25, 0.3) is 0 Å². The van der Waals surface area contributed by atoms with E-state index in [1.165, 1.54) is 12.1 Å². The number of nitrogens with zero attached hydrogens (tertiary/aromatic N) is 1. The molecule has 0 bridgehead atoms. The van der Waals surface area contributed by atoms with Crippen molar-refractivity contribution in [1.29, 1.82) is 5.26 Å². The molecule has 6 nitrogen and oxygen atoms in total. The average Bonchev–Trinajstić information content (AvgIpc) is 2.54. The lowest BCUT2D eigenvalue weighted by molar-refractivity contribution is 0.0695. The Kier molecular flexibility index (Phi) is 5.34. The van der Waals surface area contributed by atoms with Crippen LogP contribution in [0.2, 0.25) is 0 Å². The molecular formula is C17H16N2O4S. The molecule has 0 heterocycles. The third-order valence-electron chi connectivity index (χ3n) is 3.57. The molecule has 0 aliphatic carbocycles. The maximum absolute atomic E-state index is 12.4. The molecule has 2 aromatic rings. The summed E-state index contributed by atoms with van der Waals surface area (Å²) in [4.78, 5) is 11.1. The summed E-state index contributed by atoms with van der Waals surface area (Å²) in [6.45, 7) is 1.70. The summed E-state index contributed by atoms with van der Waals surface area (Å²) in [7, 11) is -3.85. The molecule has 0 amide bonds. The van der Waals surface area contributed by atoms with Crippen LogP contribution in [0, 0.1) is 18.3 Å². The van der Waals surface area contributed by atoms with Crippen molar-refractivity contribution in [2.45, 2.75) is 18.2 Å². The fourth-order valence-electron chi connectivity index (χ4n) is 2.35. The van der Waals surface area contributed by atoms with E-state index in [1.807, 2.05) is 6.07 Å². The monoisotopic (exact) mass is 344 g/mol. The van der Waals surface area contributed by atoms with Crippen molar-refractivity contribution in [2.24, 2.45) is 0 Å². The summed E-state index contributed by atoms with van der Waals surface area (Å²) in [5, 5.41) is 18.3. The minimum absolute atomic E-state index is 0.0332. The zero-order chi connectivity index (χ0) is 17.7. The van der Waals surface area contributed by atoms with Gasteiger partial charge in [-0.15, -0.1) is 0 Å². The van der Waals surface area contributed by atoms with Gasteiger partial charge in [-0.05, 0) is 36.6 Å². The van der Waals surface area contributed by atoms with E-state index in [0.29, 0.717) is 11.1 Å². The van der Waals surface area contributed by atoms with Gasteiger partial charge in [0.05, 0.1) is 16.0 Å². The second kappa shape index (κ2) is 7.25. The van der Waals surface area contributed by atoms with Crippen molar-refractivity contribution in [3.05, 3.63) is 64.7 Å². The highest BCUT2D eigenvalue weighted by molar-refractivity contribution is 7.89. The van der Waals surface area contributed by atoms with Gasteiger partial charge in [0.15, 0.2) is 0 Å². The molecule has 0 aliphatic rings. The number of carboxylic acid groups (broad SMARTS) is 1. The number of nitrogens with one attached hydrogen (secondary N) is 1. The first-order valence-electron chi connectivity index (χ1n) is 7.17. The van der Waals surface area contributed by atoms with E-state index in [1.54, 1.807) is 37.3 Å². The minimum atomic E-state index is -3.85. The summed E-state index contributed by atoms with van der Waals surface area (Å²) in [6, 6.07) is 13.0. The lowest BCUT2D eigenvalue weighted by Crippen LogP contribution is -2.27. The Morgan fingerprint density at radius 2 is 1.92 bits per heavy atom. The number of benzene rings is 2. The van der Waals surface area contributed by atoms with Crippen LogP contribution in [-0.2, 0) is 16.4 Å². The highest BCUT2D eigenvalue weighted by Gasteiger charge is 2.19. The predicted molar refractivity (Wildman–Crippen MR) is 88.2 cm³/mol. The second-order valence-electron chi connectivity index (χ2n) is 5.17. The lowest BCUT2D eigenvalue weighted by atomic mass is 10.1. The van der Waals surface area contributed by atoms with Crippen molar-refractivity contribution in [2.75, 3.05) is 6.54 Å². The molecule has 2 rings (SSSR count). The predicted octanol–water partition coefficient (Wildman–Crippen LogP) is 2.09. The highest BCUT2D eigenvalue weighted by atomic mass is 32.2. The Balaban J connectivity index is 2.17. The van der Waals surface area contributed by atoms with Gasteiger partial charge in [-0.3, -0.25) is 0 Å². The number of sulfonamides is 1. The number of carbonyl (C=O) groups is 1. The fourth-order valence-corrected chi connectivity index (χ4v) is 3.61. The normalized spacial score (nSPS) is 11.0. The zero-order valence-corrected chi connectivity index (χ0v) is 13.8. The Morgan fingerprint density at radius 1 is 1.21 bits per heavy atom. The van der Waals surface area contributed by atoms with E-state index in [-0.39, 0.29) is 29.0 Å². The van der Waals surface area contributed by atoms with Crippen LogP contribution in [0.15, 0.2) is 47.4 Å². The number of carboxylic acids is 1. The fraction of sp³-hybridized carbons (Fsp3) is 0.176. The third-order valence-corrected chi connectivity index (χ3v) is 5.07. The molecule has 0 aromatic heterocycles. The molecular weight excluding hydrogens is 328 g/mol. The molecule has 2 N–H and O–H groups in total. The van der Waals surface area contributed by atoms with E-state index in [4.69, 9.17) is 10.4 Å². The van der Waals surface area contributed by atoms with Gasteiger partial charge in [-0.2, -0.15) is 5.26 Å². The van der Waals surface area contributed by atoms with Crippen LogP contribution in [0.3, 0.4) is 0 Å². The molecule has 0 spiro atoms. The third kappa shape index (κ3) is 3.79. The van der Waals surface area contributed by atoms with Crippen molar-refractivity contribution in [1.82, 2.24) is 4.72 Å². The van der Waals surface area contributed by atoms with Crippen LogP contribution in [0.1, 0.15) is 27.0 Å². The summed E-state index contributed by atoms with van der Waals surface area (Å²) in [6.07, 6.45) is 0.232. The van der Waals surface area contributed by atoms with E-state index in [2.05, 4.69) is 4.72 Å². The van der Waals surface area contributed by atoms with Crippen LogP contribution < -0.4 is 4.72 Å². The smallest absolute Gasteiger partial charge is 0.335 e. The minimum Gasteiger partial charge on any atom is -0.478 e. The summed E-state index contributed by atoms with van der Waals surface area (Å²) in [5.41, 5.74) is 1.37. The molecule has 0 atom stereocenters. The molecule has 0 radical (unpaired) electrons. The number of nitriles is 1. The molecule has 0 unspecified atom stereocenters. The largest absolute Gasteiger partial charge is 0.478 e. The lowest BCUT2D eigenvalue weighted by Gasteiger charge is -2.10. The van der Waals surface area contributed by atoms with Crippen molar-refractivity contribution in [3.63, 3.8) is 0 Å². The summed E-state index contributed by atoms with van der Waals surface area (Å²) >= 11 is 0. The molecule has 0 saturated heterocycles. The molecule has 24 heavy (non-hydrogen) atoms. The van der Waals surface area contributed by atoms with Gasteiger partial charge in [0.1, 0.15) is 6.07 Å². The maximum atomic E-state index is 12.4. The Morgan fingerprint density at radius 3 is 2.58 bits per heavy atom. The molecule has 0 fully saturated rings. The van der Waals surface area contributed by atoms with Crippen molar-refractivity contribution >= 4 is 16.0 Å². The van der Waals surface area contributed by atoms with Gasteiger partial charge in [-0.25, -0.2) is 17.9 Å². The highest BCUT2D eigenvalue weighted by Crippen LogP contribution is 2.18. The molecule has 0 saturated carbocycles. The van der Waals surface area contributed by atoms with Gasteiger partial charge in [-0.1, -0.05) is 30.3 Å².